The molecule has 3 rings (SSSR count). The van der Waals surface area contributed by atoms with Gasteiger partial charge in [-0.25, -0.2) is 9.69 Å². The van der Waals surface area contributed by atoms with Gasteiger partial charge in [0, 0.05) is 5.69 Å². The van der Waals surface area contributed by atoms with Crippen LogP contribution in [0.2, 0.25) is 0 Å². The van der Waals surface area contributed by atoms with E-state index >= 15 is 0 Å². The molecule has 0 bridgehead atoms. The second-order valence-corrected chi connectivity index (χ2v) is 4.77. The highest BCUT2D eigenvalue weighted by Crippen LogP contribution is 2.26. The van der Waals surface area contributed by atoms with Crippen molar-refractivity contribution >= 4 is 23.3 Å². The molecule has 1 fully saturated rings. The van der Waals surface area contributed by atoms with Crippen LogP contribution in [0.3, 0.4) is 0 Å². The zero-order valence-electron chi connectivity index (χ0n) is 11.1. The molecule has 0 aromatic heterocycles. The Balaban J connectivity index is 1.95. The highest BCUT2D eigenvalue weighted by atomic mass is 16.2. The van der Waals surface area contributed by atoms with Crippen molar-refractivity contribution < 1.29 is 9.59 Å². The van der Waals surface area contributed by atoms with E-state index in [1.165, 1.54) is 9.80 Å². The monoisotopic (exact) mass is 266 g/mol. The summed E-state index contributed by atoms with van der Waals surface area (Å²) in [4.78, 5) is 27.3. The van der Waals surface area contributed by atoms with E-state index in [0.717, 1.165) is 11.3 Å². The summed E-state index contributed by atoms with van der Waals surface area (Å²) >= 11 is 0. The van der Waals surface area contributed by atoms with Crippen LogP contribution in [0.5, 0.6) is 0 Å². The van der Waals surface area contributed by atoms with Crippen LogP contribution in [0.25, 0.3) is 0 Å². The van der Waals surface area contributed by atoms with E-state index < -0.39 is 0 Å². The molecule has 0 spiro atoms. The SMILES string of the molecule is Cc1cccc(N2C(=O)CN(c3ccccc3)C2=O)c1. The van der Waals surface area contributed by atoms with E-state index in [2.05, 4.69) is 0 Å². The fourth-order valence-corrected chi connectivity index (χ4v) is 2.33. The normalized spacial score (nSPS) is 15.1. The Hall–Kier alpha value is -2.62. The minimum Gasteiger partial charge on any atom is -0.284 e. The molecule has 100 valence electrons. The molecule has 2 aromatic carbocycles. The van der Waals surface area contributed by atoms with Crippen molar-refractivity contribution in [1.29, 1.82) is 0 Å². The van der Waals surface area contributed by atoms with Crippen molar-refractivity contribution in [2.75, 3.05) is 16.3 Å². The van der Waals surface area contributed by atoms with Gasteiger partial charge in [0.2, 0.25) is 0 Å². The van der Waals surface area contributed by atoms with Gasteiger partial charge in [-0.2, -0.15) is 0 Å². The Bertz CT molecular complexity index is 667. The van der Waals surface area contributed by atoms with Crippen molar-refractivity contribution in [3.63, 3.8) is 0 Å². The van der Waals surface area contributed by atoms with Crippen LogP contribution in [-0.4, -0.2) is 18.5 Å². The first-order valence-corrected chi connectivity index (χ1v) is 6.43. The summed E-state index contributed by atoms with van der Waals surface area (Å²) in [5, 5.41) is 0. The van der Waals surface area contributed by atoms with Crippen LogP contribution in [0.4, 0.5) is 16.2 Å². The van der Waals surface area contributed by atoms with E-state index in [1.54, 1.807) is 6.07 Å². The first-order valence-electron chi connectivity index (χ1n) is 6.43. The fraction of sp³-hybridized carbons (Fsp3) is 0.125. The maximum absolute atomic E-state index is 12.5. The molecule has 0 radical (unpaired) electrons. The number of carbonyl (C=O) groups is 2. The molecular weight excluding hydrogens is 252 g/mol. The summed E-state index contributed by atoms with van der Waals surface area (Å²) in [5.41, 5.74) is 2.38. The lowest BCUT2D eigenvalue weighted by Gasteiger charge is -2.17. The number of imide groups is 1. The number of para-hydroxylation sites is 1. The largest absolute Gasteiger partial charge is 0.336 e. The molecule has 1 heterocycles. The average molecular weight is 266 g/mol. The van der Waals surface area contributed by atoms with E-state index in [-0.39, 0.29) is 18.5 Å². The Kier molecular flexibility index (Phi) is 2.99. The molecule has 0 atom stereocenters. The molecule has 0 unspecified atom stereocenters. The number of hydrogen-bond acceptors (Lipinski definition) is 2. The average Bonchev–Trinajstić information content (AvgIpc) is 2.75. The highest BCUT2D eigenvalue weighted by molar-refractivity contribution is 6.26. The summed E-state index contributed by atoms with van der Waals surface area (Å²) in [7, 11) is 0. The number of benzene rings is 2. The minimum atomic E-state index is -0.299. The van der Waals surface area contributed by atoms with Gasteiger partial charge in [-0.1, -0.05) is 30.3 Å². The van der Waals surface area contributed by atoms with Crippen LogP contribution in [0, 0.1) is 6.92 Å². The van der Waals surface area contributed by atoms with E-state index in [9.17, 15) is 9.59 Å². The maximum atomic E-state index is 12.5. The second kappa shape index (κ2) is 4.81. The molecule has 4 heteroatoms. The Labute approximate surface area is 117 Å². The lowest BCUT2D eigenvalue weighted by molar-refractivity contribution is -0.115. The van der Waals surface area contributed by atoms with Crippen LogP contribution >= 0.6 is 0 Å². The minimum absolute atomic E-state index is 0.0801. The van der Waals surface area contributed by atoms with Crippen molar-refractivity contribution in [2.45, 2.75) is 6.92 Å². The van der Waals surface area contributed by atoms with E-state index in [1.807, 2.05) is 55.5 Å². The van der Waals surface area contributed by atoms with Crippen molar-refractivity contribution in [3.8, 4) is 0 Å². The topological polar surface area (TPSA) is 40.6 Å². The van der Waals surface area contributed by atoms with Gasteiger partial charge in [-0.05, 0) is 36.8 Å². The maximum Gasteiger partial charge on any atom is 0.336 e. The molecule has 1 aliphatic heterocycles. The lowest BCUT2D eigenvalue weighted by atomic mass is 10.2. The van der Waals surface area contributed by atoms with Gasteiger partial charge < -0.3 is 0 Å². The summed E-state index contributed by atoms with van der Waals surface area (Å²) < 4.78 is 0. The Morgan fingerprint density at radius 2 is 1.60 bits per heavy atom. The first-order chi connectivity index (χ1) is 9.66. The molecule has 0 N–H and O–H groups in total. The Morgan fingerprint density at radius 1 is 0.900 bits per heavy atom. The molecule has 0 saturated carbocycles. The quantitative estimate of drug-likeness (QED) is 0.784. The number of amides is 3. The predicted octanol–water partition coefficient (Wildman–Crippen LogP) is 2.97. The summed E-state index contributed by atoms with van der Waals surface area (Å²) in [6, 6.07) is 16.3. The highest BCUT2D eigenvalue weighted by Gasteiger charge is 2.37. The van der Waals surface area contributed by atoms with Crippen molar-refractivity contribution in [3.05, 3.63) is 60.2 Å². The molecule has 2 aromatic rings. The van der Waals surface area contributed by atoms with Gasteiger partial charge in [0.1, 0.15) is 6.54 Å². The number of aryl methyl sites for hydroxylation is 1. The van der Waals surface area contributed by atoms with Gasteiger partial charge in [-0.15, -0.1) is 0 Å². The van der Waals surface area contributed by atoms with Gasteiger partial charge in [0.15, 0.2) is 0 Å². The standard InChI is InChI=1S/C16H14N2O2/c1-12-6-5-9-14(10-12)18-15(19)11-17(16(18)20)13-7-3-2-4-8-13/h2-10H,11H2,1H3. The Morgan fingerprint density at radius 3 is 2.30 bits per heavy atom. The molecule has 3 amide bonds. The van der Waals surface area contributed by atoms with Crippen LogP contribution in [0.1, 0.15) is 5.56 Å². The molecule has 1 saturated heterocycles. The summed E-state index contributed by atoms with van der Waals surface area (Å²) in [6.07, 6.45) is 0. The van der Waals surface area contributed by atoms with Crippen molar-refractivity contribution in [2.24, 2.45) is 0 Å². The third-order valence-corrected chi connectivity index (χ3v) is 3.29. The van der Waals surface area contributed by atoms with Gasteiger partial charge in [-0.3, -0.25) is 9.69 Å². The third-order valence-electron chi connectivity index (χ3n) is 3.29. The number of rotatable bonds is 2. The molecule has 0 aliphatic carbocycles. The number of urea groups is 1. The number of anilines is 2. The number of nitrogens with zero attached hydrogens (tertiary/aromatic N) is 2. The summed E-state index contributed by atoms with van der Waals surface area (Å²) in [5.74, 6) is -0.204. The predicted molar refractivity (Wildman–Crippen MR) is 77.8 cm³/mol. The zero-order chi connectivity index (χ0) is 14.1. The smallest absolute Gasteiger partial charge is 0.284 e. The fourth-order valence-electron chi connectivity index (χ4n) is 2.33. The van der Waals surface area contributed by atoms with Crippen LogP contribution in [0.15, 0.2) is 54.6 Å². The molecule has 4 nitrogen and oxygen atoms in total. The van der Waals surface area contributed by atoms with E-state index in [0.29, 0.717) is 5.69 Å². The number of hydrogen-bond donors (Lipinski definition) is 0. The lowest BCUT2D eigenvalue weighted by Crippen LogP contribution is -2.32. The summed E-state index contributed by atoms with van der Waals surface area (Å²) in [6.45, 7) is 2.01. The van der Waals surface area contributed by atoms with E-state index in [4.69, 9.17) is 0 Å². The van der Waals surface area contributed by atoms with Crippen LogP contribution < -0.4 is 9.80 Å². The number of carbonyl (C=O) groups excluding carboxylic acids is 2. The van der Waals surface area contributed by atoms with Crippen LogP contribution in [-0.2, 0) is 4.79 Å². The first kappa shape index (κ1) is 12.4. The van der Waals surface area contributed by atoms with Gasteiger partial charge >= 0.3 is 6.03 Å². The molecule has 1 aliphatic rings. The van der Waals surface area contributed by atoms with Gasteiger partial charge in [0.05, 0.1) is 5.69 Å². The van der Waals surface area contributed by atoms with Crippen molar-refractivity contribution in [1.82, 2.24) is 0 Å². The van der Waals surface area contributed by atoms with Gasteiger partial charge in [0.25, 0.3) is 5.91 Å². The zero-order valence-corrected chi connectivity index (χ0v) is 11.1. The molecular formula is C16H14N2O2. The second-order valence-electron chi connectivity index (χ2n) is 4.77. The third kappa shape index (κ3) is 2.05. The molecule has 20 heavy (non-hydrogen) atoms.